The molecule has 1 aromatic carbocycles. The molecule has 20 heavy (non-hydrogen) atoms. The molecule has 0 aliphatic rings. The van der Waals surface area contributed by atoms with E-state index in [1.54, 1.807) is 24.5 Å². The first-order valence-electron chi connectivity index (χ1n) is 6.49. The molecule has 100 valence electrons. The predicted molar refractivity (Wildman–Crippen MR) is 76.5 cm³/mol. The minimum atomic E-state index is 0.286. The summed E-state index contributed by atoms with van der Waals surface area (Å²) in [5.41, 5.74) is 2.04. The van der Waals surface area contributed by atoms with Crippen LogP contribution in [0.15, 0.2) is 61.1 Å². The molecular formula is C16H15N3O. The number of nitrogens with zero attached hydrogens (tertiary/aromatic N) is 3. The van der Waals surface area contributed by atoms with Crippen molar-refractivity contribution in [2.45, 2.75) is 13.0 Å². The van der Waals surface area contributed by atoms with Gasteiger partial charge in [-0.05, 0) is 29.8 Å². The van der Waals surface area contributed by atoms with Crippen LogP contribution in [0.25, 0.3) is 0 Å². The number of phenols is 1. The molecule has 0 amide bonds. The quantitative estimate of drug-likeness (QED) is 0.789. The van der Waals surface area contributed by atoms with Crippen LogP contribution in [0.5, 0.6) is 5.75 Å². The Kier molecular flexibility index (Phi) is 3.46. The van der Waals surface area contributed by atoms with Crippen LogP contribution in [0.1, 0.15) is 17.1 Å². The van der Waals surface area contributed by atoms with Gasteiger partial charge in [0.05, 0.1) is 0 Å². The first kappa shape index (κ1) is 12.4. The maximum Gasteiger partial charge on any atom is 0.115 e. The van der Waals surface area contributed by atoms with Gasteiger partial charge in [0, 0.05) is 37.3 Å². The fraction of sp³-hybridized carbons (Fsp3) is 0.125. The minimum absolute atomic E-state index is 0.286. The topological polar surface area (TPSA) is 50.9 Å². The van der Waals surface area contributed by atoms with Gasteiger partial charge in [0.25, 0.3) is 0 Å². The van der Waals surface area contributed by atoms with Gasteiger partial charge < -0.3 is 9.67 Å². The third-order valence-electron chi connectivity index (χ3n) is 3.13. The van der Waals surface area contributed by atoms with E-state index in [2.05, 4.69) is 14.5 Å². The van der Waals surface area contributed by atoms with Gasteiger partial charge in [0.1, 0.15) is 11.6 Å². The SMILES string of the molecule is Oc1cccc(Cn2ccnc2Cc2ccccn2)c1. The molecule has 0 spiro atoms. The molecule has 0 saturated carbocycles. The third-order valence-corrected chi connectivity index (χ3v) is 3.13. The summed E-state index contributed by atoms with van der Waals surface area (Å²) >= 11 is 0. The van der Waals surface area contributed by atoms with Crippen molar-refractivity contribution in [2.24, 2.45) is 0 Å². The first-order chi connectivity index (χ1) is 9.81. The van der Waals surface area contributed by atoms with Gasteiger partial charge in [-0.2, -0.15) is 0 Å². The zero-order valence-electron chi connectivity index (χ0n) is 11.0. The van der Waals surface area contributed by atoms with Gasteiger partial charge in [-0.15, -0.1) is 0 Å². The van der Waals surface area contributed by atoms with Crippen LogP contribution >= 0.6 is 0 Å². The lowest BCUT2D eigenvalue weighted by molar-refractivity contribution is 0.474. The molecule has 0 saturated heterocycles. The Morgan fingerprint density at radius 2 is 1.95 bits per heavy atom. The van der Waals surface area contributed by atoms with Crippen molar-refractivity contribution in [1.82, 2.24) is 14.5 Å². The Labute approximate surface area is 117 Å². The highest BCUT2D eigenvalue weighted by Gasteiger charge is 2.06. The highest BCUT2D eigenvalue weighted by Crippen LogP contribution is 2.14. The fourth-order valence-corrected chi connectivity index (χ4v) is 2.17. The standard InChI is InChI=1S/C16H15N3O/c20-15-6-3-4-13(10-15)12-19-9-8-18-16(19)11-14-5-1-2-7-17-14/h1-10,20H,11-12H2. The second kappa shape index (κ2) is 5.57. The van der Waals surface area contributed by atoms with Gasteiger partial charge in [0.15, 0.2) is 0 Å². The first-order valence-corrected chi connectivity index (χ1v) is 6.49. The molecule has 0 bridgehead atoms. The minimum Gasteiger partial charge on any atom is -0.508 e. The second-order valence-electron chi connectivity index (χ2n) is 4.64. The summed E-state index contributed by atoms with van der Waals surface area (Å²) in [6.45, 7) is 0.691. The van der Waals surface area contributed by atoms with E-state index in [4.69, 9.17) is 0 Å². The number of pyridine rings is 1. The summed E-state index contributed by atoms with van der Waals surface area (Å²) in [6.07, 6.45) is 6.23. The molecule has 0 atom stereocenters. The lowest BCUT2D eigenvalue weighted by Crippen LogP contribution is -2.05. The zero-order valence-corrected chi connectivity index (χ0v) is 11.0. The van der Waals surface area contributed by atoms with Crippen LogP contribution < -0.4 is 0 Å². The van der Waals surface area contributed by atoms with E-state index in [1.165, 1.54) is 0 Å². The maximum atomic E-state index is 9.51. The van der Waals surface area contributed by atoms with Crippen LogP contribution in [-0.2, 0) is 13.0 Å². The molecule has 0 fully saturated rings. The number of hydrogen-bond acceptors (Lipinski definition) is 3. The summed E-state index contributed by atoms with van der Waals surface area (Å²) in [7, 11) is 0. The Morgan fingerprint density at radius 1 is 1.00 bits per heavy atom. The predicted octanol–water partition coefficient (Wildman–Crippen LogP) is 2.62. The van der Waals surface area contributed by atoms with E-state index < -0.39 is 0 Å². The van der Waals surface area contributed by atoms with Crippen molar-refractivity contribution in [3.8, 4) is 5.75 Å². The van der Waals surface area contributed by atoms with E-state index in [0.29, 0.717) is 13.0 Å². The number of benzene rings is 1. The number of aromatic nitrogens is 3. The van der Waals surface area contributed by atoms with E-state index in [9.17, 15) is 5.11 Å². The van der Waals surface area contributed by atoms with Gasteiger partial charge >= 0.3 is 0 Å². The fourth-order valence-electron chi connectivity index (χ4n) is 2.17. The summed E-state index contributed by atoms with van der Waals surface area (Å²) in [4.78, 5) is 8.71. The smallest absolute Gasteiger partial charge is 0.115 e. The largest absolute Gasteiger partial charge is 0.508 e. The molecule has 3 aromatic rings. The Balaban J connectivity index is 1.80. The molecule has 0 radical (unpaired) electrons. The lowest BCUT2D eigenvalue weighted by atomic mass is 10.2. The van der Waals surface area contributed by atoms with Crippen LogP contribution in [-0.4, -0.2) is 19.6 Å². The zero-order chi connectivity index (χ0) is 13.8. The number of hydrogen-bond donors (Lipinski definition) is 1. The van der Waals surface area contributed by atoms with Crippen LogP contribution in [0, 0.1) is 0 Å². The number of rotatable bonds is 4. The Hall–Kier alpha value is -2.62. The van der Waals surface area contributed by atoms with Gasteiger partial charge in [-0.3, -0.25) is 4.98 Å². The van der Waals surface area contributed by atoms with E-state index in [0.717, 1.165) is 17.1 Å². The maximum absolute atomic E-state index is 9.51. The molecule has 2 aromatic heterocycles. The highest BCUT2D eigenvalue weighted by atomic mass is 16.3. The van der Waals surface area contributed by atoms with Gasteiger partial charge in [0.2, 0.25) is 0 Å². The molecular weight excluding hydrogens is 250 g/mol. The average molecular weight is 265 g/mol. The normalized spacial score (nSPS) is 10.6. The van der Waals surface area contributed by atoms with Gasteiger partial charge in [-0.1, -0.05) is 18.2 Å². The number of imidazole rings is 1. The van der Waals surface area contributed by atoms with Crippen LogP contribution in [0.4, 0.5) is 0 Å². The van der Waals surface area contributed by atoms with Crippen molar-refractivity contribution in [1.29, 1.82) is 0 Å². The van der Waals surface area contributed by atoms with Crippen molar-refractivity contribution >= 4 is 0 Å². The summed E-state index contributed by atoms with van der Waals surface area (Å²) < 4.78 is 2.07. The van der Waals surface area contributed by atoms with Gasteiger partial charge in [-0.25, -0.2) is 4.98 Å². The lowest BCUT2D eigenvalue weighted by Gasteiger charge is -2.08. The van der Waals surface area contributed by atoms with Crippen molar-refractivity contribution in [2.75, 3.05) is 0 Å². The summed E-state index contributed by atoms with van der Waals surface area (Å²) in [5.74, 6) is 1.25. The third kappa shape index (κ3) is 2.85. The van der Waals surface area contributed by atoms with E-state index in [1.807, 2.05) is 36.5 Å². The van der Waals surface area contributed by atoms with Crippen LogP contribution in [0.2, 0.25) is 0 Å². The molecule has 0 aliphatic carbocycles. The Bertz CT molecular complexity index is 692. The summed E-state index contributed by atoms with van der Waals surface area (Å²) in [5, 5.41) is 9.51. The molecule has 4 heteroatoms. The molecule has 1 N–H and O–H groups in total. The summed E-state index contributed by atoms with van der Waals surface area (Å²) in [6, 6.07) is 13.2. The van der Waals surface area contributed by atoms with Crippen LogP contribution in [0.3, 0.4) is 0 Å². The molecule has 0 aliphatic heterocycles. The number of aromatic hydroxyl groups is 1. The molecule has 2 heterocycles. The van der Waals surface area contributed by atoms with E-state index >= 15 is 0 Å². The molecule has 3 rings (SSSR count). The monoisotopic (exact) mass is 265 g/mol. The number of phenolic OH excluding ortho intramolecular Hbond substituents is 1. The molecule has 4 nitrogen and oxygen atoms in total. The van der Waals surface area contributed by atoms with Crippen molar-refractivity contribution < 1.29 is 5.11 Å². The second-order valence-corrected chi connectivity index (χ2v) is 4.64. The Morgan fingerprint density at radius 3 is 2.75 bits per heavy atom. The molecule has 0 unspecified atom stereocenters. The van der Waals surface area contributed by atoms with Crippen molar-refractivity contribution in [3.63, 3.8) is 0 Å². The highest BCUT2D eigenvalue weighted by molar-refractivity contribution is 5.27. The van der Waals surface area contributed by atoms with E-state index in [-0.39, 0.29) is 5.75 Å². The average Bonchev–Trinajstić information content (AvgIpc) is 2.87. The van der Waals surface area contributed by atoms with Crippen molar-refractivity contribution in [3.05, 3.63) is 78.1 Å².